The molecule has 4 atom stereocenters. The van der Waals surface area contributed by atoms with Crippen LogP contribution in [-0.2, 0) is 13.0 Å². The van der Waals surface area contributed by atoms with E-state index in [1.165, 1.54) is 43.2 Å². The zero-order valence-electron chi connectivity index (χ0n) is 16.8. The van der Waals surface area contributed by atoms with Crippen molar-refractivity contribution in [2.24, 2.45) is 0 Å². The van der Waals surface area contributed by atoms with Crippen LogP contribution >= 0.6 is 12.2 Å². The molecule has 0 radical (unpaired) electrons. The fourth-order valence-electron chi connectivity index (χ4n) is 5.05. The minimum atomic E-state index is 0.490. The largest absolute Gasteiger partial charge is 0.359 e. The summed E-state index contributed by atoms with van der Waals surface area (Å²) in [4.78, 5) is 1.80. The van der Waals surface area contributed by atoms with E-state index in [0.717, 1.165) is 35.8 Å². The molecule has 3 nitrogen and oxygen atoms in total. The maximum atomic E-state index is 5.62. The number of fused-ring (bicyclic) bond motifs is 2. The summed E-state index contributed by atoms with van der Waals surface area (Å²) in [6, 6.07) is 21.5. The van der Waals surface area contributed by atoms with E-state index in [2.05, 4.69) is 72.2 Å². The summed E-state index contributed by atoms with van der Waals surface area (Å²) in [5.41, 5.74) is 3.89. The number of rotatable bonds is 5. The van der Waals surface area contributed by atoms with Crippen molar-refractivity contribution >= 4 is 23.0 Å². The standard InChI is InChI=1S/C24H31N3S/c1-2-18-11-13-20(14-12-18)25-24(28)26-21-15-22-9-6-10-23(16-21)27(22)17-19-7-4-3-5-8-19/h3-5,7-8,11-14,21-23H,2,6,9-10,15-17H2,1H3,(H2,25,26,28)/p+1/t21?,22-,23+. The first-order chi connectivity index (χ1) is 13.7. The Morgan fingerprint density at radius 2 is 1.64 bits per heavy atom. The zero-order chi connectivity index (χ0) is 19.3. The molecule has 2 aliphatic heterocycles. The minimum Gasteiger partial charge on any atom is -0.359 e. The topological polar surface area (TPSA) is 28.5 Å². The summed E-state index contributed by atoms with van der Waals surface area (Å²) < 4.78 is 0. The number of thiocarbonyl (C=S) groups is 1. The Labute approximate surface area is 174 Å². The molecule has 0 spiro atoms. The molecule has 2 saturated heterocycles. The predicted octanol–water partition coefficient (Wildman–Crippen LogP) is 3.70. The highest BCUT2D eigenvalue weighted by atomic mass is 32.1. The molecule has 0 saturated carbocycles. The fraction of sp³-hybridized carbons (Fsp3) is 0.458. The number of hydrogen-bond donors (Lipinski definition) is 3. The Hall–Kier alpha value is -1.91. The Morgan fingerprint density at radius 1 is 0.964 bits per heavy atom. The average Bonchev–Trinajstić information content (AvgIpc) is 2.70. The van der Waals surface area contributed by atoms with Crippen molar-refractivity contribution < 1.29 is 4.90 Å². The molecule has 0 amide bonds. The van der Waals surface area contributed by atoms with Crippen LogP contribution in [0.5, 0.6) is 0 Å². The van der Waals surface area contributed by atoms with Crippen molar-refractivity contribution in [1.82, 2.24) is 5.32 Å². The molecule has 148 valence electrons. The highest BCUT2D eigenvalue weighted by molar-refractivity contribution is 7.80. The van der Waals surface area contributed by atoms with Crippen LogP contribution in [0.25, 0.3) is 0 Å². The van der Waals surface area contributed by atoms with E-state index in [1.807, 2.05) is 0 Å². The molecule has 2 aliphatic rings. The second kappa shape index (κ2) is 9.06. The maximum Gasteiger partial charge on any atom is 0.171 e. The van der Waals surface area contributed by atoms with E-state index in [0.29, 0.717) is 6.04 Å². The highest BCUT2D eigenvalue weighted by Crippen LogP contribution is 2.23. The molecule has 0 aliphatic carbocycles. The van der Waals surface area contributed by atoms with E-state index in [1.54, 1.807) is 4.90 Å². The Kier molecular flexibility index (Phi) is 6.28. The van der Waals surface area contributed by atoms with E-state index >= 15 is 0 Å². The SMILES string of the molecule is CCc1ccc(NC(=S)NC2C[C@H]3CCC[C@@H](C2)[NH+]3Cc2ccccc2)cc1. The molecule has 2 aromatic rings. The summed E-state index contributed by atoms with van der Waals surface area (Å²) in [7, 11) is 0. The second-order valence-electron chi connectivity index (χ2n) is 8.38. The first kappa shape index (κ1) is 19.4. The number of benzene rings is 2. The first-order valence-electron chi connectivity index (χ1n) is 10.8. The van der Waals surface area contributed by atoms with Crippen LogP contribution in [0.1, 0.15) is 50.2 Å². The first-order valence-corrected chi connectivity index (χ1v) is 11.2. The third-order valence-electron chi connectivity index (χ3n) is 6.50. The van der Waals surface area contributed by atoms with E-state index in [9.17, 15) is 0 Å². The molecule has 4 rings (SSSR count). The lowest BCUT2D eigenvalue weighted by Crippen LogP contribution is -3.20. The summed E-state index contributed by atoms with van der Waals surface area (Å²) in [6.07, 6.45) is 7.57. The van der Waals surface area contributed by atoms with Crippen molar-refractivity contribution in [1.29, 1.82) is 0 Å². The number of hydrogen-bond acceptors (Lipinski definition) is 1. The third-order valence-corrected chi connectivity index (χ3v) is 6.72. The molecule has 2 bridgehead atoms. The van der Waals surface area contributed by atoms with Gasteiger partial charge < -0.3 is 15.5 Å². The van der Waals surface area contributed by atoms with Crippen LogP contribution < -0.4 is 15.5 Å². The molecular weight excluding hydrogens is 362 g/mol. The Balaban J connectivity index is 1.33. The van der Waals surface area contributed by atoms with Gasteiger partial charge in [-0.1, -0.05) is 49.4 Å². The molecule has 0 aromatic heterocycles. The van der Waals surface area contributed by atoms with Crippen LogP contribution in [0.2, 0.25) is 0 Å². The Bertz CT molecular complexity index is 760. The van der Waals surface area contributed by atoms with Crippen LogP contribution in [0.4, 0.5) is 5.69 Å². The van der Waals surface area contributed by atoms with Crippen molar-refractivity contribution in [3.63, 3.8) is 0 Å². The molecule has 2 fully saturated rings. The molecule has 3 N–H and O–H groups in total. The molecule has 2 unspecified atom stereocenters. The lowest BCUT2D eigenvalue weighted by molar-refractivity contribution is -0.973. The number of anilines is 1. The summed E-state index contributed by atoms with van der Waals surface area (Å²) in [6.45, 7) is 3.34. The van der Waals surface area contributed by atoms with Crippen molar-refractivity contribution in [3.05, 3.63) is 65.7 Å². The van der Waals surface area contributed by atoms with Gasteiger partial charge >= 0.3 is 0 Å². The monoisotopic (exact) mass is 394 g/mol. The van der Waals surface area contributed by atoms with Gasteiger partial charge in [0.2, 0.25) is 0 Å². The smallest absolute Gasteiger partial charge is 0.171 e. The quantitative estimate of drug-likeness (QED) is 0.675. The van der Waals surface area contributed by atoms with E-state index in [4.69, 9.17) is 12.2 Å². The number of quaternary nitrogens is 1. The van der Waals surface area contributed by atoms with Crippen LogP contribution in [-0.4, -0.2) is 23.2 Å². The summed E-state index contributed by atoms with van der Waals surface area (Å²) in [5.74, 6) is 0. The average molecular weight is 395 g/mol. The summed E-state index contributed by atoms with van der Waals surface area (Å²) in [5, 5.41) is 7.75. The van der Waals surface area contributed by atoms with Gasteiger partial charge in [-0.15, -0.1) is 0 Å². The number of nitrogens with one attached hydrogen (secondary N) is 3. The number of piperidine rings is 2. The van der Waals surface area contributed by atoms with Gasteiger partial charge in [0.15, 0.2) is 5.11 Å². The van der Waals surface area contributed by atoms with E-state index < -0.39 is 0 Å². The third kappa shape index (κ3) is 4.73. The van der Waals surface area contributed by atoms with Crippen LogP contribution in [0, 0.1) is 0 Å². The van der Waals surface area contributed by atoms with E-state index in [-0.39, 0.29) is 0 Å². The van der Waals surface area contributed by atoms with Crippen molar-refractivity contribution in [3.8, 4) is 0 Å². The highest BCUT2D eigenvalue weighted by Gasteiger charge is 2.41. The second-order valence-corrected chi connectivity index (χ2v) is 8.79. The van der Waals surface area contributed by atoms with Gasteiger partial charge in [0.05, 0.1) is 12.1 Å². The fourth-order valence-corrected chi connectivity index (χ4v) is 5.34. The normalized spacial score (nSPS) is 26.5. The maximum absolute atomic E-state index is 5.62. The van der Waals surface area contributed by atoms with Gasteiger partial charge in [0.25, 0.3) is 0 Å². The van der Waals surface area contributed by atoms with Gasteiger partial charge in [0.1, 0.15) is 6.54 Å². The predicted molar refractivity (Wildman–Crippen MR) is 121 cm³/mol. The van der Waals surface area contributed by atoms with Crippen molar-refractivity contribution in [2.45, 2.75) is 70.1 Å². The van der Waals surface area contributed by atoms with Crippen molar-refractivity contribution in [2.75, 3.05) is 5.32 Å². The molecule has 28 heavy (non-hydrogen) atoms. The zero-order valence-corrected chi connectivity index (χ0v) is 17.6. The summed E-state index contributed by atoms with van der Waals surface area (Å²) >= 11 is 5.62. The van der Waals surface area contributed by atoms with Gasteiger partial charge in [-0.25, -0.2) is 0 Å². The molecule has 2 heterocycles. The minimum absolute atomic E-state index is 0.490. The molecule has 2 aromatic carbocycles. The Morgan fingerprint density at radius 3 is 2.29 bits per heavy atom. The van der Waals surface area contributed by atoms with Gasteiger partial charge in [-0.3, -0.25) is 0 Å². The number of aryl methyl sites for hydroxylation is 1. The lowest BCUT2D eigenvalue weighted by atomic mass is 9.81. The molecular formula is C24H32N3S+. The van der Waals surface area contributed by atoms with Gasteiger partial charge in [-0.2, -0.15) is 0 Å². The van der Waals surface area contributed by atoms with Crippen LogP contribution in [0.15, 0.2) is 54.6 Å². The van der Waals surface area contributed by atoms with Crippen LogP contribution in [0.3, 0.4) is 0 Å². The van der Waals surface area contributed by atoms with Gasteiger partial charge in [0, 0.05) is 30.1 Å². The van der Waals surface area contributed by atoms with Gasteiger partial charge in [-0.05, 0) is 55.6 Å². The lowest BCUT2D eigenvalue weighted by Gasteiger charge is -2.46. The molecule has 4 heteroatoms.